The molecule has 8 nitrogen and oxygen atoms in total. The van der Waals surface area contributed by atoms with E-state index in [1.165, 1.54) is 17.1 Å². The lowest BCUT2D eigenvalue weighted by Crippen LogP contribution is -2.46. The molecule has 1 spiro atoms. The molecule has 138 valence electrons. The smallest absolute Gasteiger partial charge is 0.260 e. The second-order valence-corrected chi connectivity index (χ2v) is 8.79. The number of phenolic OH excluding ortho intramolecular Hbond substituents is 1. The first-order valence-electron chi connectivity index (χ1n) is 8.37. The van der Waals surface area contributed by atoms with E-state index in [9.17, 15) is 18.3 Å². The van der Waals surface area contributed by atoms with E-state index in [2.05, 4.69) is 9.71 Å². The average molecular weight is 376 g/mol. The number of imidazole rings is 1. The number of amides is 1. The van der Waals surface area contributed by atoms with Crippen LogP contribution in [0.3, 0.4) is 0 Å². The zero-order chi connectivity index (χ0) is 18.5. The number of rotatable bonds is 4. The highest BCUT2D eigenvalue weighted by Crippen LogP contribution is 2.52. The Labute approximate surface area is 151 Å². The van der Waals surface area contributed by atoms with Gasteiger partial charge in [0.1, 0.15) is 5.75 Å². The van der Waals surface area contributed by atoms with Crippen molar-refractivity contribution in [2.75, 3.05) is 13.1 Å². The molecule has 1 aromatic heterocycles. The number of benzene rings is 1. The van der Waals surface area contributed by atoms with E-state index in [0.717, 1.165) is 24.0 Å². The zero-order valence-electron chi connectivity index (χ0n) is 14.3. The van der Waals surface area contributed by atoms with Gasteiger partial charge in [-0.1, -0.05) is 6.07 Å². The van der Waals surface area contributed by atoms with Crippen LogP contribution in [0.4, 0.5) is 0 Å². The molecule has 1 fully saturated rings. The highest BCUT2D eigenvalue weighted by Gasteiger charge is 2.50. The highest BCUT2D eigenvalue weighted by atomic mass is 32.2. The van der Waals surface area contributed by atoms with Gasteiger partial charge in [-0.15, -0.1) is 0 Å². The molecule has 2 aromatic rings. The summed E-state index contributed by atoms with van der Waals surface area (Å²) >= 11 is 0. The molecule has 2 N–H and O–H groups in total. The lowest BCUT2D eigenvalue weighted by molar-refractivity contribution is -0.131. The van der Waals surface area contributed by atoms with Gasteiger partial charge in [-0.05, 0) is 36.1 Å². The number of nitrogens with one attached hydrogen (secondary N) is 1. The Morgan fingerprint density at radius 3 is 2.81 bits per heavy atom. The lowest BCUT2D eigenvalue weighted by Gasteiger charge is -2.35. The summed E-state index contributed by atoms with van der Waals surface area (Å²) in [5, 5.41) is 9.64. The summed E-state index contributed by atoms with van der Waals surface area (Å²) in [6, 6.07) is 5.24. The fourth-order valence-corrected chi connectivity index (χ4v) is 4.49. The third-order valence-electron chi connectivity index (χ3n) is 5.10. The molecule has 0 unspecified atom stereocenters. The van der Waals surface area contributed by atoms with E-state index in [4.69, 9.17) is 0 Å². The molecule has 1 aromatic carbocycles. The molecule has 9 heteroatoms. The van der Waals surface area contributed by atoms with Gasteiger partial charge in [0.2, 0.25) is 5.91 Å². The molecule has 0 saturated heterocycles. The molecule has 1 aliphatic carbocycles. The van der Waals surface area contributed by atoms with E-state index in [-0.39, 0.29) is 28.6 Å². The predicted molar refractivity (Wildman–Crippen MR) is 92.8 cm³/mol. The summed E-state index contributed by atoms with van der Waals surface area (Å²) < 4.78 is 28.3. The van der Waals surface area contributed by atoms with Crippen LogP contribution in [0.15, 0.2) is 35.7 Å². The lowest BCUT2D eigenvalue weighted by atomic mass is 9.86. The number of aromatic nitrogens is 2. The number of fused-ring (bicyclic) bond motifs is 2. The summed E-state index contributed by atoms with van der Waals surface area (Å²) in [4.78, 5) is 18.1. The topological polar surface area (TPSA) is 105 Å². The third-order valence-corrected chi connectivity index (χ3v) is 6.38. The summed E-state index contributed by atoms with van der Waals surface area (Å²) in [7, 11) is -2.14. The largest absolute Gasteiger partial charge is 0.508 e. The summed E-state index contributed by atoms with van der Waals surface area (Å²) in [6.45, 7) is 0.664. The first-order valence-corrected chi connectivity index (χ1v) is 9.85. The van der Waals surface area contributed by atoms with Crippen LogP contribution in [0.25, 0.3) is 0 Å². The van der Waals surface area contributed by atoms with E-state index in [1.807, 2.05) is 6.07 Å². The van der Waals surface area contributed by atoms with Crippen molar-refractivity contribution in [2.45, 2.75) is 29.8 Å². The molecular weight excluding hydrogens is 356 g/mol. The van der Waals surface area contributed by atoms with Crippen molar-refractivity contribution in [2.24, 2.45) is 7.05 Å². The maximum Gasteiger partial charge on any atom is 0.260 e. The molecule has 26 heavy (non-hydrogen) atoms. The van der Waals surface area contributed by atoms with Crippen molar-refractivity contribution >= 4 is 15.9 Å². The molecule has 1 aliphatic heterocycles. The first-order chi connectivity index (χ1) is 12.3. The number of carbonyl (C=O) groups is 1. The van der Waals surface area contributed by atoms with Crippen LogP contribution in [0.2, 0.25) is 0 Å². The molecule has 4 rings (SSSR count). The van der Waals surface area contributed by atoms with E-state index in [0.29, 0.717) is 13.1 Å². The number of aryl methyl sites for hydroxylation is 1. The van der Waals surface area contributed by atoms with E-state index >= 15 is 0 Å². The number of phenols is 1. The Morgan fingerprint density at radius 2 is 2.15 bits per heavy atom. The molecule has 1 saturated carbocycles. The molecule has 1 amide bonds. The Kier molecular flexibility index (Phi) is 3.81. The van der Waals surface area contributed by atoms with Crippen LogP contribution >= 0.6 is 0 Å². The molecule has 2 heterocycles. The van der Waals surface area contributed by atoms with Gasteiger partial charge in [-0.2, -0.15) is 0 Å². The quantitative estimate of drug-likeness (QED) is 0.808. The van der Waals surface area contributed by atoms with Crippen LogP contribution in [0, 0.1) is 0 Å². The number of sulfonamides is 1. The Bertz CT molecular complexity index is 978. The fourth-order valence-electron chi connectivity index (χ4n) is 3.53. The fraction of sp³-hybridized carbons (Fsp3) is 0.412. The standard InChI is InChI=1S/C17H20N4O4S/c1-20-9-15(18-11-20)26(24,25)19-7-16(23)21-8-12-2-3-13(22)6-14(12)17(10-21)4-5-17/h2-3,6,9,11,19,22H,4-5,7-8,10H2,1H3. The van der Waals surface area contributed by atoms with Crippen LogP contribution < -0.4 is 4.72 Å². The molecule has 0 radical (unpaired) electrons. The minimum absolute atomic E-state index is 0.0954. The van der Waals surface area contributed by atoms with Crippen molar-refractivity contribution < 1.29 is 18.3 Å². The van der Waals surface area contributed by atoms with Crippen molar-refractivity contribution in [1.82, 2.24) is 19.2 Å². The molecule has 0 atom stereocenters. The van der Waals surface area contributed by atoms with Gasteiger partial charge in [0, 0.05) is 31.7 Å². The number of nitrogens with zero attached hydrogens (tertiary/aromatic N) is 3. The van der Waals surface area contributed by atoms with Crippen molar-refractivity contribution in [3.8, 4) is 5.75 Å². The van der Waals surface area contributed by atoms with Gasteiger partial charge < -0.3 is 14.6 Å². The van der Waals surface area contributed by atoms with E-state index < -0.39 is 10.0 Å². The SMILES string of the molecule is Cn1cnc(S(=O)(=O)NCC(=O)N2Cc3ccc(O)cc3C3(CC3)C2)c1. The minimum atomic E-state index is -3.81. The molecule has 0 bridgehead atoms. The summed E-state index contributed by atoms with van der Waals surface area (Å²) in [5.74, 6) is -0.0348. The normalized spacial score (nSPS) is 18.0. The number of hydrogen-bond acceptors (Lipinski definition) is 5. The summed E-state index contributed by atoms with van der Waals surface area (Å²) in [5.41, 5.74) is 2.02. The maximum atomic E-state index is 12.6. The Morgan fingerprint density at radius 1 is 1.38 bits per heavy atom. The number of aromatic hydroxyl groups is 1. The van der Waals surface area contributed by atoms with Gasteiger partial charge in [0.15, 0.2) is 5.03 Å². The van der Waals surface area contributed by atoms with Crippen molar-refractivity contribution in [3.63, 3.8) is 0 Å². The van der Waals surface area contributed by atoms with Crippen molar-refractivity contribution in [1.29, 1.82) is 0 Å². The van der Waals surface area contributed by atoms with E-state index in [1.54, 1.807) is 24.1 Å². The number of carbonyl (C=O) groups excluding carboxylic acids is 1. The average Bonchev–Trinajstić information content (AvgIpc) is 3.22. The second kappa shape index (κ2) is 5.82. The zero-order valence-corrected chi connectivity index (χ0v) is 15.2. The van der Waals surface area contributed by atoms with Crippen LogP contribution in [0.5, 0.6) is 5.75 Å². The van der Waals surface area contributed by atoms with Crippen LogP contribution in [-0.2, 0) is 33.8 Å². The van der Waals surface area contributed by atoms with Crippen LogP contribution in [-0.4, -0.2) is 47.0 Å². The Hall–Kier alpha value is -2.39. The van der Waals surface area contributed by atoms with Gasteiger partial charge in [-0.3, -0.25) is 4.79 Å². The Balaban J connectivity index is 1.47. The van der Waals surface area contributed by atoms with Gasteiger partial charge in [0.05, 0.1) is 12.9 Å². The highest BCUT2D eigenvalue weighted by molar-refractivity contribution is 7.89. The monoisotopic (exact) mass is 376 g/mol. The summed E-state index contributed by atoms with van der Waals surface area (Å²) in [6.07, 6.45) is 4.71. The molecule has 2 aliphatic rings. The van der Waals surface area contributed by atoms with Gasteiger partial charge in [0.25, 0.3) is 10.0 Å². The maximum absolute atomic E-state index is 12.6. The first kappa shape index (κ1) is 17.0. The molecular formula is C17H20N4O4S. The predicted octanol–water partition coefficient (Wildman–Crippen LogP) is 0.478. The second-order valence-electron chi connectivity index (χ2n) is 7.07. The van der Waals surface area contributed by atoms with Crippen molar-refractivity contribution in [3.05, 3.63) is 41.9 Å². The van der Waals surface area contributed by atoms with Crippen LogP contribution in [0.1, 0.15) is 24.0 Å². The minimum Gasteiger partial charge on any atom is -0.508 e. The number of hydrogen-bond donors (Lipinski definition) is 2. The third kappa shape index (κ3) is 2.97. The van der Waals surface area contributed by atoms with Gasteiger partial charge in [-0.25, -0.2) is 18.1 Å². The van der Waals surface area contributed by atoms with Gasteiger partial charge >= 0.3 is 0 Å².